The molecule has 0 fully saturated rings. The lowest BCUT2D eigenvalue weighted by Gasteiger charge is -2.23. The van der Waals surface area contributed by atoms with E-state index in [0.29, 0.717) is 0 Å². The summed E-state index contributed by atoms with van der Waals surface area (Å²) in [6.45, 7) is 6.49. The van der Waals surface area contributed by atoms with Gasteiger partial charge in [0.15, 0.2) is 12.0 Å². The zero-order valence-corrected chi connectivity index (χ0v) is 20.2. The first-order valence-corrected chi connectivity index (χ1v) is 12.8. The molecule has 0 saturated heterocycles. The van der Waals surface area contributed by atoms with Gasteiger partial charge in [0.1, 0.15) is 5.75 Å². The Bertz CT molecular complexity index is 952. The average molecular weight is 447 g/mol. The van der Waals surface area contributed by atoms with Crippen LogP contribution in [0.25, 0.3) is 0 Å². The van der Waals surface area contributed by atoms with Gasteiger partial charge in [0.2, 0.25) is 5.88 Å². The first-order valence-electron chi connectivity index (χ1n) is 12.8. The van der Waals surface area contributed by atoms with Crippen molar-refractivity contribution in [3.05, 3.63) is 72.6 Å². The van der Waals surface area contributed by atoms with Gasteiger partial charge in [0.05, 0.1) is 11.4 Å². The van der Waals surface area contributed by atoms with Crippen LogP contribution in [-0.4, -0.2) is 19.3 Å². The van der Waals surface area contributed by atoms with E-state index < -0.39 is 0 Å². The van der Waals surface area contributed by atoms with Gasteiger partial charge in [-0.25, -0.2) is 0 Å². The molecule has 0 spiro atoms. The molecule has 4 nitrogen and oxygen atoms in total. The van der Waals surface area contributed by atoms with Gasteiger partial charge < -0.3 is 19.3 Å². The number of allylic oxidation sites excluding steroid dienone is 2. The molecule has 2 aliphatic rings. The van der Waals surface area contributed by atoms with Crippen molar-refractivity contribution < 1.29 is 9.47 Å². The van der Waals surface area contributed by atoms with Crippen molar-refractivity contribution in [3.63, 3.8) is 0 Å². The highest BCUT2D eigenvalue weighted by molar-refractivity contribution is 5.66. The second-order valence-corrected chi connectivity index (χ2v) is 8.90. The number of hydrogen-bond acceptors (Lipinski definition) is 4. The molecule has 0 saturated carbocycles. The number of unbranched alkanes of at least 4 members (excludes halogenated alkanes) is 6. The van der Waals surface area contributed by atoms with Crippen LogP contribution in [0.2, 0.25) is 0 Å². The van der Waals surface area contributed by atoms with E-state index >= 15 is 0 Å². The van der Waals surface area contributed by atoms with Crippen LogP contribution in [0.1, 0.15) is 65.2 Å². The molecule has 2 aromatic carbocycles. The number of benzene rings is 2. The van der Waals surface area contributed by atoms with Gasteiger partial charge in [0.25, 0.3) is 0 Å². The van der Waals surface area contributed by atoms with Gasteiger partial charge in [-0.15, -0.1) is 0 Å². The fourth-order valence-corrected chi connectivity index (χ4v) is 4.56. The maximum atomic E-state index is 6.28. The summed E-state index contributed by atoms with van der Waals surface area (Å²) in [6.07, 6.45) is 16.2. The van der Waals surface area contributed by atoms with Gasteiger partial charge in [-0.2, -0.15) is 0 Å². The van der Waals surface area contributed by atoms with Crippen LogP contribution < -0.4 is 19.3 Å². The van der Waals surface area contributed by atoms with Crippen molar-refractivity contribution in [2.24, 2.45) is 0 Å². The molecule has 4 heteroatoms. The van der Waals surface area contributed by atoms with E-state index in [4.69, 9.17) is 9.47 Å². The Labute approximate surface area is 199 Å². The molecular weight excluding hydrogens is 408 g/mol. The van der Waals surface area contributed by atoms with Crippen molar-refractivity contribution in [1.82, 2.24) is 0 Å². The third-order valence-corrected chi connectivity index (χ3v) is 6.37. The fraction of sp³-hybridized carbons (Fsp3) is 0.448. The molecule has 4 rings (SSSR count). The summed E-state index contributed by atoms with van der Waals surface area (Å²) < 4.78 is 12.5. The van der Waals surface area contributed by atoms with Crippen molar-refractivity contribution in [1.29, 1.82) is 0 Å². The topological polar surface area (TPSA) is 24.9 Å². The van der Waals surface area contributed by atoms with Crippen LogP contribution in [0.3, 0.4) is 0 Å². The molecule has 0 radical (unpaired) electrons. The largest absolute Gasteiger partial charge is 0.465 e. The Morgan fingerprint density at radius 3 is 2.18 bits per heavy atom. The van der Waals surface area contributed by atoms with Gasteiger partial charge in [-0.1, -0.05) is 82.7 Å². The molecule has 1 atom stereocenters. The Morgan fingerprint density at radius 1 is 0.758 bits per heavy atom. The minimum Gasteiger partial charge on any atom is -0.465 e. The normalized spacial score (nSPS) is 18.0. The van der Waals surface area contributed by atoms with Crippen LogP contribution >= 0.6 is 0 Å². The minimum atomic E-state index is -0.0809. The average Bonchev–Trinajstić information content (AvgIpc) is 3.37. The SMILES string of the molecule is CCCCCCN1C(=CC=CC2Oc3ccccc3N2CCCCCC)Oc2ccccc21. The van der Waals surface area contributed by atoms with Gasteiger partial charge in [-0.05, 0) is 49.3 Å². The molecule has 0 amide bonds. The molecule has 2 heterocycles. The summed E-state index contributed by atoms with van der Waals surface area (Å²) >= 11 is 0. The Hall–Kier alpha value is -2.88. The maximum Gasteiger partial charge on any atom is 0.200 e. The predicted octanol–water partition coefficient (Wildman–Crippen LogP) is 7.67. The van der Waals surface area contributed by atoms with E-state index in [1.165, 1.54) is 57.1 Å². The highest BCUT2D eigenvalue weighted by atomic mass is 16.5. The van der Waals surface area contributed by atoms with Crippen LogP contribution in [0.5, 0.6) is 11.5 Å². The van der Waals surface area contributed by atoms with Gasteiger partial charge in [0, 0.05) is 13.1 Å². The summed E-state index contributed by atoms with van der Waals surface area (Å²) in [6, 6.07) is 16.7. The molecule has 2 aliphatic heterocycles. The monoisotopic (exact) mass is 446 g/mol. The lowest BCUT2D eigenvalue weighted by molar-refractivity contribution is 0.272. The number of rotatable bonds is 12. The Kier molecular flexibility index (Phi) is 8.35. The van der Waals surface area contributed by atoms with Gasteiger partial charge in [-0.3, -0.25) is 0 Å². The van der Waals surface area contributed by atoms with Crippen LogP contribution in [0, 0.1) is 0 Å². The first kappa shape index (κ1) is 23.3. The van der Waals surface area contributed by atoms with E-state index in [-0.39, 0.29) is 6.23 Å². The molecule has 0 aromatic heterocycles. The van der Waals surface area contributed by atoms with E-state index in [1.807, 2.05) is 18.2 Å². The number of fused-ring (bicyclic) bond motifs is 2. The van der Waals surface area contributed by atoms with E-state index in [9.17, 15) is 0 Å². The highest BCUT2D eigenvalue weighted by Crippen LogP contribution is 2.39. The quantitative estimate of drug-likeness (QED) is 0.312. The summed E-state index contributed by atoms with van der Waals surface area (Å²) in [5.41, 5.74) is 2.36. The van der Waals surface area contributed by atoms with Crippen LogP contribution in [0.15, 0.2) is 72.6 Å². The van der Waals surface area contributed by atoms with Crippen molar-refractivity contribution in [3.8, 4) is 11.5 Å². The molecule has 0 N–H and O–H groups in total. The smallest absolute Gasteiger partial charge is 0.200 e. The van der Waals surface area contributed by atoms with Gasteiger partial charge >= 0.3 is 0 Å². The molecule has 2 aromatic rings. The van der Waals surface area contributed by atoms with Crippen LogP contribution in [0.4, 0.5) is 11.4 Å². The van der Waals surface area contributed by atoms with Crippen LogP contribution in [-0.2, 0) is 0 Å². The maximum absolute atomic E-state index is 6.28. The molecular formula is C29H38N2O2. The summed E-state index contributed by atoms with van der Waals surface area (Å²) in [4.78, 5) is 4.69. The molecule has 0 aliphatic carbocycles. The predicted molar refractivity (Wildman–Crippen MR) is 138 cm³/mol. The number of nitrogens with zero attached hydrogens (tertiary/aromatic N) is 2. The molecule has 176 valence electrons. The number of anilines is 2. The number of para-hydroxylation sites is 4. The third-order valence-electron chi connectivity index (χ3n) is 6.37. The third kappa shape index (κ3) is 5.73. The van der Waals surface area contributed by atoms with E-state index in [1.54, 1.807) is 0 Å². The standard InChI is InChI=1S/C29H38N2O2/c1-3-5-7-13-22-30-24-16-9-11-18-26(24)32-28(30)20-15-21-29-31(23-14-8-6-4-2)25-17-10-12-19-27(25)33-29/h9-12,15-21,28H,3-8,13-14,22-23H2,1-2H3. The lowest BCUT2D eigenvalue weighted by Crippen LogP contribution is -2.33. The second-order valence-electron chi connectivity index (χ2n) is 8.90. The summed E-state index contributed by atoms with van der Waals surface area (Å²) in [5.74, 6) is 2.81. The first-order chi connectivity index (χ1) is 16.3. The number of ether oxygens (including phenoxy) is 2. The summed E-state index contributed by atoms with van der Waals surface area (Å²) in [7, 11) is 0. The zero-order chi connectivity index (χ0) is 22.9. The Morgan fingerprint density at radius 2 is 1.42 bits per heavy atom. The van der Waals surface area contributed by atoms with Crippen molar-refractivity contribution in [2.75, 3.05) is 22.9 Å². The lowest BCUT2D eigenvalue weighted by atomic mass is 10.2. The van der Waals surface area contributed by atoms with E-state index in [0.717, 1.165) is 36.2 Å². The van der Waals surface area contributed by atoms with Crippen molar-refractivity contribution >= 4 is 11.4 Å². The highest BCUT2D eigenvalue weighted by Gasteiger charge is 2.28. The van der Waals surface area contributed by atoms with E-state index in [2.05, 4.69) is 72.2 Å². The molecule has 0 bridgehead atoms. The summed E-state index contributed by atoms with van der Waals surface area (Å²) in [5, 5.41) is 0. The minimum absolute atomic E-state index is 0.0809. The number of hydrogen-bond donors (Lipinski definition) is 0. The van der Waals surface area contributed by atoms with Crippen molar-refractivity contribution in [2.45, 2.75) is 71.4 Å². The Balaban J connectivity index is 1.45. The second kappa shape index (κ2) is 11.8. The molecule has 33 heavy (non-hydrogen) atoms. The zero-order valence-electron chi connectivity index (χ0n) is 20.2. The fourth-order valence-electron chi connectivity index (χ4n) is 4.56. The molecule has 1 unspecified atom stereocenters.